The smallest absolute Gasteiger partial charge is 0.331 e. The number of aromatic nitrogens is 1. The van der Waals surface area contributed by atoms with E-state index in [1.54, 1.807) is 48.7 Å². The van der Waals surface area contributed by atoms with E-state index in [0.717, 1.165) is 17.8 Å². The van der Waals surface area contributed by atoms with Gasteiger partial charge in [0.25, 0.3) is 5.91 Å². The van der Waals surface area contributed by atoms with Gasteiger partial charge in [0.15, 0.2) is 11.0 Å². The van der Waals surface area contributed by atoms with Crippen molar-refractivity contribution in [2.24, 2.45) is 4.99 Å². The summed E-state index contributed by atoms with van der Waals surface area (Å²) < 4.78 is 4.60. The second-order valence-electron chi connectivity index (χ2n) is 4.83. The number of rotatable bonds is 3. The monoisotopic (exact) mass is 373 g/mol. The van der Waals surface area contributed by atoms with Crippen LogP contribution in [-0.4, -0.2) is 29.1 Å². The highest BCUT2D eigenvalue weighted by molar-refractivity contribution is 8.19. The number of pyridine rings is 1. The van der Waals surface area contributed by atoms with E-state index in [4.69, 9.17) is 11.6 Å². The van der Waals surface area contributed by atoms with Crippen molar-refractivity contribution in [3.63, 3.8) is 0 Å². The summed E-state index contributed by atoms with van der Waals surface area (Å²) in [6, 6.07) is 12.1. The van der Waals surface area contributed by atoms with Crippen LogP contribution in [0.4, 0.5) is 11.5 Å². The molecule has 126 valence electrons. The lowest BCUT2D eigenvalue weighted by Gasteiger charge is -2.15. The summed E-state index contributed by atoms with van der Waals surface area (Å²) in [6.07, 6.45) is 2.76. The van der Waals surface area contributed by atoms with Gasteiger partial charge in [-0.15, -0.1) is 0 Å². The molecule has 1 aliphatic rings. The Hall–Kier alpha value is -2.64. The molecule has 0 atom stereocenters. The van der Waals surface area contributed by atoms with E-state index < -0.39 is 5.97 Å². The van der Waals surface area contributed by atoms with Gasteiger partial charge in [-0.2, -0.15) is 0 Å². The van der Waals surface area contributed by atoms with Gasteiger partial charge in [-0.1, -0.05) is 17.7 Å². The second-order valence-corrected chi connectivity index (χ2v) is 6.28. The van der Waals surface area contributed by atoms with Crippen LogP contribution in [0.5, 0.6) is 0 Å². The van der Waals surface area contributed by atoms with E-state index in [-0.39, 0.29) is 10.8 Å². The average Bonchev–Trinajstić information content (AvgIpc) is 2.92. The van der Waals surface area contributed by atoms with Gasteiger partial charge in [0.1, 0.15) is 0 Å². The summed E-state index contributed by atoms with van der Waals surface area (Å²) in [4.78, 5) is 34.4. The van der Waals surface area contributed by atoms with Crippen LogP contribution in [-0.2, 0) is 14.3 Å². The van der Waals surface area contributed by atoms with Crippen molar-refractivity contribution in [2.45, 2.75) is 0 Å². The maximum Gasteiger partial charge on any atom is 0.331 e. The normalized spacial score (nSPS) is 17.4. The fourth-order valence-corrected chi connectivity index (χ4v) is 3.13. The average molecular weight is 374 g/mol. The molecule has 0 spiro atoms. The van der Waals surface area contributed by atoms with Crippen molar-refractivity contribution in [3.05, 3.63) is 64.7 Å². The van der Waals surface area contributed by atoms with E-state index >= 15 is 0 Å². The molecule has 1 saturated heterocycles. The third kappa shape index (κ3) is 3.89. The number of carbonyl (C=O) groups excluding carboxylic acids is 2. The predicted octanol–water partition coefficient (Wildman–Crippen LogP) is 3.56. The summed E-state index contributed by atoms with van der Waals surface area (Å²) in [5.41, 5.74) is 0.588. The number of benzene rings is 1. The summed E-state index contributed by atoms with van der Waals surface area (Å²) in [6.45, 7) is 0. The number of amides is 1. The van der Waals surface area contributed by atoms with Crippen LogP contribution in [0.3, 0.4) is 0 Å². The van der Waals surface area contributed by atoms with E-state index in [1.165, 1.54) is 12.0 Å². The molecule has 2 heterocycles. The molecule has 2 aromatic rings. The molecule has 1 aliphatic heterocycles. The van der Waals surface area contributed by atoms with Crippen molar-refractivity contribution in [2.75, 3.05) is 12.0 Å². The van der Waals surface area contributed by atoms with Crippen LogP contribution in [0.25, 0.3) is 0 Å². The third-order valence-electron chi connectivity index (χ3n) is 3.20. The molecular weight excluding hydrogens is 362 g/mol. The Balaban J connectivity index is 2.05. The molecular formula is C17H12ClN3O3S. The van der Waals surface area contributed by atoms with Crippen molar-refractivity contribution < 1.29 is 14.3 Å². The molecule has 0 bridgehead atoms. The van der Waals surface area contributed by atoms with Crippen LogP contribution in [0.1, 0.15) is 0 Å². The Bertz CT molecular complexity index is 866. The predicted molar refractivity (Wildman–Crippen MR) is 98.0 cm³/mol. The minimum Gasteiger partial charge on any atom is -0.466 e. The van der Waals surface area contributed by atoms with Gasteiger partial charge >= 0.3 is 5.97 Å². The van der Waals surface area contributed by atoms with E-state index in [1.807, 2.05) is 0 Å². The lowest BCUT2D eigenvalue weighted by Crippen LogP contribution is -2.28. The molecule has 1 fully saturated rings. The summed E-state index contributed by atoms with van der Waals surface area (Å²) in [5, 5.41) is 0.942. The number of hydrogen-bond donors (Lipinski definition) is 0. The van der Waals surface area contributed by atoms with Gasteiger partial charge < -0.3 is 4.74 Å². The Morgan fingerprint density at radius 3 is 2.68 bits per heavy atom. The van der Waals surface area contributed by atoms with Crippen molar-refractivity contribution >= 4 is 51.9 Å². The number of methoxy groups -OCH3 is 1. The Labute approximate surface area is 153 Å². The SMILES string of the molecule is COC(=O)/C=C1/S/C(=N\c2ccccn2)N(c2ccc(Cl)cc2)C1=O. The van der Waals surface area contributed by atoms with Crippen LogP contribution in [0.15, 0.2) is 64.6 Å². The molecule has 1 aromatic carbocycles. The highest BCUT2D eigenvalue weighted by Gasteiger charge is 2.35. The van der Waals surface area contributed by atoms with Crippen molar-refractivity contribution in [1.82, 2.24) is 4.98 Å². The molecule has 8 heteroatoms. The molecule has 25 heavy (non-hydrogen) atoms. The van der Waals surface area contributed by atoms with Gasteiger partial charge in [0.2, 0.25) is 0 Å². The maximum atomic E-state index is 12.7. The molecule has 0 N–H and O–H groups in total. The summed E-state index contributed by atoms with van der Waals surface area (Å²) >= 11 is 6.99. The number of esters is 1. The first-order chi connectivity index (χ1) is 12.1. The molecule has 1 amide bonds. The van der Waals surface area contributed by atoms with Gasteiger partial charge in [0.05, 0.1) is 17.7 Å². The maximum absolute atomic E-state index is 12.7. The molecule has 0 radical (unpaired) electrons. The number of thioether (sulfide) groups is 1. The van der Waals surface area contributed by atoms with Crippen LogP contribution >= 0.6 is 23.4 Å². The summed E-state index contributed by atoms with van der Waals surface area (Å²) in [5.74, 6) is -0.519. The van der Waals surface area contributed by atoms with Crippen molar-refractivity contribution in [1.29, 1.82) is 0 Å². The van der Waals surface area contributed by atoms with Crippen LogP contribution < -0.4 is 4.90 Å². The number of nitrogens with zero attached hydrogens (tertiary/aromatic N) is 3. The Morgan fingerprint density at radius 1 is 1.28 bits per heavy atom. The Morgan fingerprint density at radius 2 is 2.04 bits per heavy atom. The lowest BCUT2D eigenvalue weighted by molar-refractivity contribution is -0.135. The Kier molecular flexibility index (Phi) is 5.16. The number of aliphatic imine (C=N–C) groups is 1. The molecule has 0 aliphatic carbocycles. The largest absolute Gasteiger partial charge is 0.466 e. The summed E-state index contributed by atoms with van der Waals surface area (Å²) in [7, 11) is 1.25. The number of amidine groups is 1. The quantitative estimate of drug-likeness (QED) is 0.607. The molecule has 0 saturated carbocycles. The fourth-order valence-electron chi connectivity index (χ4n) is 2.05. The van der Waals surface area contributed by atoms with E-state index in [2.05, 4.69) is 14.7 Å². The number of ether oxygens (including phenoxy) is 1. The van der Waals surface area contributed by atoms with E-state index in [0.29, 0.717) is 21.7 Å². The van der Waals surface area contributed by atoms with Gasteiger partial charge in [-0.3, -0.25) is 9.69 Å². The highest BCUT2D eigenvalue weighted by atomic mass is 35.5. The topological polar surface area (TPSA) is 71.9 Å². The third-order valence-corrected chi connectivity index (χ3v) is 4.42. The minimum absolute atomic E-state index is 0.219. The standard InChI is InChI=1S/C17H12ClN3O3S/c1-24-15(22)10-13-16(23)21(12-7-5-11(18)6-8-12)17(25-13)20-14-4-2-3-9-19-14/h2-10H,1H3/b13-10+,20-17-. The fraction of sp³-hybridized carbons (Fsp3) is 0.0588. The van der Waals surface area contributed by atoms with Gasteiger partial charge in [0, 0.05) is 17.3 Å². The van der Waals surface area contributed by atoms with Crippen LogP contribution in [0.2, 0.25) is 5.02 Å². The number of hydrogen-bond acceptors (Lipinski definition) is 6. The number of anilines is 1. The first kappa shape index (κ1) is 17.2. The molecule has 3 rings (SSSR count). The second kappa shape index (κ2) is 7.50. The zero-order chi connectivity index (χ0) is 17.8. The number of carbonyl (C=O) groups is 2. The van der Waals surface area contributed by atoms with Gasteiger partial charge in [-0.05, 0) is 48.2 Å². The van der Waals surface area contributed by atoms with E-state index in [9.17, 15) is 9.59 Å². The van der Waals surface area contributed by atoms with Crippen molar-refractivity contribution in [3.8, 4) is 0 Å². The molecule has 0 unspecified atom stereocenters. The number of halogens is 1. The minimum atomic E-state index is -0.606. The lowest BCUT2D eigenvalue weighted by atomic mass is 10.3. The van der Waals surface area contributed by atoms with Crippen LogP contribution in [0, 0.1) is 0 Å². The zero-order valence-electron chi connectivity index (χ0n) is 13.0. The van der Waals surface area contributed by atoms with Gasteiger partial charge in [-0.25, -0.2) is 14.8 Å². The molecule has 6 nitrogen and oxygen atoms in total. The zero-order valence-corrected chi connectivity index (χ0v) is 14.6. The molecule has 1 aromatic heterocycles. The first-order valence-corrected chi connectivity index (χ1v) is 8.35. The highest BCUT2D eigenvalue weighted by Crippen LogP contribution is 2.36. The first-order valence-electron chi connectivity index (χ1n) is 7.16.